The van der Waals surface area contributed by atoms with E-state index in [-0.39, 0.29) is 12.4 Å². The van der Waals surface area contributed by atoms with Gasteiger partial charge in [-0.05, 0) is 17.9 Å². The molecule has 1 aromatic heterocycles. The number of rotatable bonds is 7. The van der Waals surface area contributed by atoms with Crippen molar-refractivity contribution in [2.45, 2.75) is 51.9 Å². The number of aromatic nitrogens is 1. The van der Waals surface area contributed by atoms with E-state index >= 15 is 0 Å². The molecule has 2 rings (SSSR count). The molecule has 0 unspecified atom stereocenters. The van der Waals surface area contributed by atoms with Gasteiger partial charge in [0.05, 0.1) is 0 Å². The average molecular weight is 278 g/mol. The van der Waals surface area contributed by atoms with Crippen LogP contribution in [0.15, 0.2) is 36.5 Å². The van der Waals surface area contributed by atoms with Crippen molar-refractivity contribution in [1.82, 2.24) is 0 Å². The van der Waals surface area contributed by atoms with Gasteiger partial charge in [0.1, 0.15) is 0 Å². The summed E-state index contributed by atoms with van der Waals surface area (Å²) in [6, 6.07) is 10.8. The van der Waals surface area contributed by atoms with Gasteiger partial charge in [-0.3, -0.25) is 0 Å². The normalized spacial score (nSPS) is 10.4. The molecule has 19 heavy (non-hydrogen) atoms. The number of nitrogens with one attached hydrogen (secondary N) is 1. The monoisotopic (exact) mass is 277 g/mol. The van der Waals surface area contributed by atoms with Crippen LogP contribution in [-0.4, -0.2) is 0 Å². The van der Waals surface area contributed by atoms with Gasteiger partial charge in [0, 0.05) is 17.9 Å². The number of aromatic amines is 1. The Bertz CT molecular complexity index is 476. The van der Waals surface area contributed by atoms with Gasteiger partial charge in [0.15, 0.2) is 11.9 Å². The first-order valence-corrected chi connectivity index (χ1v) is 7.30. The molecule has 0 saturated carbocycles. The van der Waals surface area contributed by atoms with E-state index in [1.165, 1.54) is 61.4 Å². The number of unbranched alkanes of at least 4 members (excludes halogenated alkanes) is 5. The van der Waals surface area contributed by atoms with Crippen LogP contribution in [-0.2, 0) is 6.42 Å². The lowest BCUT2D eigenvalue weighted by molar-refractivity contribution is -0.388. The van der Waals surface area contributed by atoms with E-state index in [2.05, 4.69) is 48.4 Å². The van der Waals surface area contributed by atoms with E-state index in [1.54, 1.807) is 0 Å². The topological polar surface area (TPSA) is 14.1 Å². The van der Waals surface area contributed by atoms with Crippen LogP contribution in [0, 0.1) is 0 Å². The van der Waals surface area contributed by atoms with Crippen LogP contribution >= 0.6 is 0 Å². The molecular weight excluding hydrogens is 254 g/mol. The summed E-state index contributed by atoms with van der Waals surface area (Å²) in [7, 11) is 0. The molecule has 104 valence electrons. The second kappa shape index (κ2) is 8.92. The molecule has 0 radical (unpaired) electrons. The number of halogens is 1. The molecule has 0 aliphatic carbocycles. The summed E-state index contributed by atoms with van der Waals surface area (Å²) >= 11 is 0. The zero-order valence-corrected chi connectivity index (χ0v) is 12.5. The Hall–Kier alpha value is -1.08. The third-order valence-electron chi connectivity index (χ3n) is 3.59. The minimum Gasteiger partial charge on any atom is -1.00 e. The maximum atomic E-state index is 3.41. The third-order valence-corrected chi connectivity index (χ3v) is 3.59. The second-order valence-corrected chi connectivity index (χ2v) is 5.06. The van der Waals surface area contributed by atoms with Crippen LogP contribution < -0.4 is 17.4 Å². The van der Waals surface area contributed by atoms with Gasteiger partial charge in [-0.25, -0.2) is 4.98 Å². The Kier molecular flexibility index (Phi) is 7.50. The number of aryl methyl sites for hydroxylation is 1. The van der Waals surface area contributed by atoms with Crippen LogP contribution in [0.2, 0.25) is 0 Å². The van der Waals surface area contributed by atoms with Crippen LogP contribution in [0.5, 0.6) is 0 Å². The second-order valence-electron chi connectivity index (χ2n) is 5.06. The Balaban J connectivity index is 0.00000180. The predicted molar refractivity (Wildman–Crippen MR) is 77.6 cm³/mol. The zero-order valence-electron chi connectivity index (χ0n) is 11.8. The molecule has 0 fully saturated rings. The van der Waals surface area contributed by atoms with Gasteiger partial charge in [-0.2, -0.15) is 0 Å². The first-order valence-electron chi connectivity index (χ1n) is 7.30. The maximum absolute atomic E-state index is 3.41. The van der Waals surface area contributed by atoms with E-state index < -0.39 is 0 Å². The van der Waals surface area contributed by atoms with E-state index in [0.717, 1.165) is 0 Å². The zero-order chi connectivity index (χ0) is 12.6. The molecule has 0 atom stereocenters. The van der Waals surface area contributed by atoms with Crippen LogP contribution in [0.3, 0.4) is 0 Å². The molecule has 0 saturated heterocycles. The summed E-state index contributed by atoms with van der Waals surface area (Å²) in [4.78, 5) is 3.41. The predicted octanol–water partition coefficient (Wildman–Crippen LogP) is 1.56. The summed E-state index contributed by atoms with van der Waals surface area (Å²) in [6.45, 7) is 2.27. The summed E-state index contributed by atoms with van der Waals surface area (Å²) < 4.78 is 0. The lowest BCUT2D eigenvalue weighted by Gasteiger charge is -2.01. The van der Waals surface area contributed by atoms with Gasteiger partial charge in [0.2, 0.25) is 0 Å². The van der Waals surface area contributed by atoms with Crippen molar-refractivity contribution in [2.75, 3.05) is 0 Å². The van der Waals surface area contributed by atoms with Crippen LogP contribution in [0.4, 0.5) is 0 Å². The van der Waals surface area contributed by atoms with E-state index in [1.807, 2.05) is 0 Å². The molecular formula is C17H24ClN. The first kappa shape index (κ1) is 16.0. The highest BCUT2D eigenvalue weighted by Crippen LogP contribution is 2.16. The smallest absolute Gasteiger partial charge is 0.187 e. The summed E-state index contributed by atoms with van der Waals surface area (Å²) in [5.74, 6) is 0. The number of hydrogen-bond donors (Lipinski definition) is 0. The van der Waals surface area contributed by atoms with Crippen molar-refractivity contribution >= 4 is 10.8 Å². The quantitative estimate of drug-likeness (QED) is 0.682. The minimum absolute atomic E-state index is 0. The molecule has 1 heterocycles. The molecule has 1 aromatic carbocycles. The van der Waals surface area contributed by atoms with Crippen molar-refractivity contribution in [2.24, 2.45) is 0 Å². The first-order chi connectivity index (χ1) is 8.92. The lowest BCUT2D eigenvalue weighted by atomic mass is 10.0. The number of benzene rings is 1. The van der Waals surface area contributed by atoms with Gasteiger partial charge in [0.25, 0.3) is 0 Å². The largest absolute Gasteiger partial charge is 1.00 e. The highest BCUT2D eigenvalue weighted by Gasteiger charge is 2.06. The molecule has 0 amide bonds. The van der Waals surface area contributed by atoms with Crippen LogP contribution in [0.1, 0.15) is 51.1 Å². The fourth-order valence-electron chi connectivity index (χ4n) is 2.52. The van der Waals surface area contributed by atoms with Crippen molar-refractivity contribution in [1.29, 1.82) is 0 Å². The standard InChI is InChI=1S/C17H23N.ClH/c1-2-3-4-5-6-7-12-17-16-11-9-8-10-15(16)13-14-18-17;/h8-11,13-14H,2-7,12H2,1H3;1H. The van der Waals surface area contributed by atoms with Gasteiger partial charge in [-0.15, -0.1) is 0 Å². The van der Waals surface area contributed by atoms with Crippen molar-refractivity contribution in [3.63, 3.8) is 0 Å². The molecule has 0 spiro atoms. The number of hydrogen-bond acceptors (Lipinski definition) is 0. The summed E-state index contributed by atoms with van der Waals surface area (Å²) in [5.41, 5.74) is 1.39. The number of pyridine rings is 1. The fourth-order valence-corrected chi connectivity index (χ4v) is 2.52. The molecule has 1 nitrogen and oxygen atoms in total. The average Bonchev–Trinajstić information content (AvgIpc) is 2.43. The molecule has 0 aliphatic heterocycles. The van der Waals surface area contributed by atoms with Gasteiger partial charge < -0.3 is 12.4 Å². The molecule has 2 aromatic rings. The summed E-state index contributed by atoms with van der Waals surface area (Å²) in [6.07, 6.45) is 11.4. The van der Waals surface area contributed by atoms with Crippen LogP contribution in [0.25, 0.3) is 10.8 Å². The third kappa shape index (κ3) is 4.83. The highest BCUT2D eigenvalue weighted by molar-refractivity contribution is 5.83. The SMILES string of the molecule is CCCCCCCCc1[nH+]ccc2ccccc12.[Cl-]. The molecule has 0 bridgehead atoms. The van der Waals surface area contributed by atoms with Gasteiger partial charge >= 0.3 is 0 Å². The van der Waals surface area contributed by atoms with Gasteiger partial charge in [-0.1, -0.05) is 57.2 Å². The fraction of sp³-hybridized carbons (Fsp3) is 0.471. The van der Waals surface area contributed by atoms with Crippen molar-refractivity contribution < 1.29 is 17.4 Å². The van der Waals surface area contributed by atoms with Crippen molar-refractivity contribution in [3.8, 4) is 0 Å². The highest BCUT2D eigenvalue weighted by atomic mass is 35.5. The minimum atomic E-state index is 0. The number of fused-ring (bicyclic) bond motifs is 1. The molecule has 1 N–H and O–H groups in total. The van der Waals surface area contributed by atoms with E-state index in [4.69, 9.17) is 0 Å². The lowest BCUT2D eigenvalue weighted by Crippen LogP contribution is -3.00. The number of H-pyrrole nitrogens is 1. The van der Waals surface area contributed by atoms with Crippen molar-refractivity contribution in [3.05, 3.63) is 42.2 Å². The maximum Gasteiger partial charge on any atom is 0.187 e. The Morgan fingerprint density at radius 1 is 0.895 bits per heavy atom. The van der Waals surface area contributed by atoms with E-state index in [9.17, 15) is 0 Å². The molecule has 0 aliphatic rings. The Labute approximate surface area is 122 Å². The summed E-state index contributed by atoms with van der Waals surface area (Å²) in [5, 5.41) is 2.73. The van der Waals surface area contributed by atoms with E-state index in [0.29, 0.717) is 0 Å². The molecule has 2 heteroatoms. The Morgan fingerprint density at radius 3 is 2.47 bits per heavy atom. The Morgan fingerprint density at radius 2 is 1.63 bits per heavy atom.